The van der Waals surface area contributed by atoms with Crippen LogP contribution in [0.1, 0.15) is 24.5 Å². The molecule has 180 valence electrons. The van der Waals surface area contributed by atoms with Gasteiger partial charge in [-0.15, -0.1) is 0 Å². The van der Waals surface area contributed by atoms with Gasteiger partial charge in [0.05, 0.1) is 13.8 Å². The van der Waals surface area contributed by atoms with E-state index in [9.17, 15) is 9.59 Å². The van der Waals surface area contributed by atoms with Crippen LogP contribution in [0, 0.1) is 0 Å². The molecule has 34 heavy (non-hydrogen) atoms. The molecule has 2 aromatic rings. The molecule has 0 spiro atoms. The third-order valence-corrected chi connectivity index (χ3v) is 6.70. The molecule has 2 fully saturated rings. The molecule has 2 aliphatic heterocycles. The number of methoxy groups -OCH3 is 1. The van der Waals surface area contributed by atoms with Crippen LogP contribution in [0.4, 0.5) is 4.79 Å². The lowest BCUT2D eigenvalue weighted by atomic mass is 9.93. The molecule has 7 nitrogen and oxygen atoms in total. The van der Waals surface area contributed by atoms with Crippen molar-refractivity contribution >= 4 is 18.0 Å². The number of benzene rings is 2. The molecule has 1 N–H and O–H groups in total. The van der Waals surface area contributed by atoms with Crippen LogP contribution >= 0.6 is 0 Å². The van der Waals surface area contributed by atoms with Gasteiger partial charge >= 0.3 is 6.03 Å². The third kappa shape index (κ3) is 5.85. The highest BCUT2D eigenvalue weighted by molar-refractivity contribution is 6.06. The van der Waals surface area contributed by atoms with Gasteiger partial charge in [0, 0.05) is 32.7 Å². The van der Waals surface area contributed by atoms with Gasteiger partial charge in [0.25, 0.3) is 5.91 Å². The van der Waals surface area contributed by atoms with Crippen LogP contribution in [0.2, 0.25) is 0 Å². The Bertz CT molecular complexity index is 1000. The Labute approximate surface area is 202 Å². The number of rotatable bonds is 9. The summed E-state index contributed by atoms with van der Waals surface area (Å²) in [5.74, 6) is 0.665. The fourth-order valence-corrected chi connectivity index (χ4v) is 4.45. The average molecular weight is 463 g/mol. The predicted octanol–water partition coefficient (Wildman–Crippen LogP) is 3.23. The molecule has 4 rings (SSSR count). The highest BCUT2D eigenvalue weighted by Gasteiger charge is 2.47. The molecular formula is C27H34N4O3. The number of piperazine rings is 1. The lowest BCUT2D eigenvalue weighted by molar-refractivity contribution is -0.132. The van der Waals surface area contributed by atoms with E-state index in [-0.39, 0.29) is 11.9 Å². The Balaban J connectivity index is 1.24. The number of amides is 3. The number of aryl methyl sites for hydroxylation is 1. The van der Waals surface area contributed by atoms with Crippen molar-refractivity contribution in [1.82, 2.24) is 20.0 Å². The first-order valence-corrected chi connectivity index (χ1v) is 11.9. The number of nitrogens with zero attached hydrogens (tertiary/aromatic N) is 3. The van der Waals surface area contributed by atoms with Crippen LogP contribution in [0.3, 0.4) is 0 Å². The van der Waals surface area contributed by atoms with Gasteiger partial charge in [-0.2, -0.15) is 0 Å². The van der Waals surface area contributed by atoms with E-state index >= 15 is 0 Å². The molecule has 3 amide bonds. The summed E-state index contributed by atoms with van der Waals surface area (Å²) in [4.78, 5) is 31.7. The van der Waals surface area contributed by atoms with E-state index in [1.807, 2.05) is 49.4 Å². The molecular weight excluding hydrogens is 428 g/mol. The van der Waals surface area contributed by atoms with E-state index in [1.165, 1.54) is 10.5 Å². The summed E-state index contributed by atoms with van der Waals surface area (Å²) in [5, 5.41) is 2.93. The van der Waals surface area contributed by atoms with Crippen LogP contribution in [0.5, 0.6) is 5.75 Å². The quantitative estimate of drug-likeness (QED) is 0.580. The number of ether oxygens (including phenoxy) is 1. The summed E-state index contributed by atoms with van der Waals surface area (Å²) in [6, 6.07) is 17.8. The Morgan fingerprint density at radius 1 is 0.971 bits per heavy atom. The summed E-state index contributed by atoms with van der Waals surface area (Å²) >= 11 is 0. The van der Waals surface area contributed by atoms with Crippen molar-refractivity contribution in [2.45, 2.75) is 25.3 Å². The lowest BCUT2D eigenvalue weighted by Gasteiger charge is -2.35. The maximum absolute atomic E-state index is 13.1. The van der Waals surface area contributed by atoms with Crippen molar-refractivity contribution < 1.29 is 14.3 Å². The van der Waals surface area contributed by atoms with Crippen LogP contribution in [0.15, 0.2) is 60.7 Å². The SMILES string of the molecule is COc1ccc(CCC2(C)NC(=O)N(CN3CCN(CC=Cc4ccccc4)CC3)C2=O)cc1. The summed E-state index contributed by atoms with van der Waals surface area (Å²) in [6.45, 7) is 6.56. The zero-order chi connectivity index (χ0) is 24.0. The second kappa shape index (κ2) is 10.8. The molecule has 0 radical (unpaired) electrons. The van der Waals surface area contributed by atoms with E-state index in [0.29, 0.717) is 19.5 Å². The predicted molar refractivity (Wildman–Crippen MR) is 133 cm³/mol. The molecule has 1 unspecified atom stereocenters. The van der Waals surface area contributed by atoms with Crippen molar-refractivity contribution in [2.75, 3.05) is 46.5 Å². The smallest absolute Gasteiger partial charge is 0.326 e. The number of carbonyl (C=O) groups is 2. The molecule has 2 aliphatic rings. The second-order valence-corrected chi connectivity index (χ2v) is 9.22. The zero-order valence-electron chi connectivity index (χ0n) is 20.1. The van der Waals surface area contributed by atoms with Gasteiger partial charge in [-0.05, 0) is 43.0 Å². The molecule has 7 heteroatoms. The Hall–Kier alpha value is -3.16. The van der Waals surface area contributed by atoms with Crippen molar-refractivity contribution in [1.29, 1.82) is 0 Å². The maximum atomic E-state index is 13.1. The van der Waals surface area contributed by atoms with E-state index in [0.717, 1.165) is 44.0 Å². The normalized spacial score (nSPS) is 21.9. The lowest BCUT2D eigenvalue weighted by Crippen LogP contribution is -2.51. The molecule has 0 aliphatic carbocycles. The van der Waals surface area contributed by atoms with Crippen molar-refractivity contribution in [2.24, 2.45) is 0 Å². The van der Waals surface area contributed by atoms with Crippen molar-refractivity contribution in [3.63, 3.8) is 0 Å². The van der Waals surface area contributed by atoms with Gasteiger partial charge < -0.3 is 10.1 Å². The molecule has 2 saturated heterocycles. The van der Waals surface area contributed by atoms with Crippen molar-refractivity contribution in [3.05, 3.63) is 71.8 Å². The molecule has 0 bridgehead atoms. The number of hydrogen-bond donors (Lipinski definition) is 1. The van der Waals surface area contributed by atoms with Crippen LogP contribution in [-0.2, 0) is 11.2 Å². The minimum atomic E-state index is -0.874. The highest BCUT2D eigenvalue weighted by atomic mass is 16.5. The average Bonchev–Trinajstić information content (AvgIpc) is 3.08. The number of nitrogens with one attached hydrogen (secondary N) is 1. The molecule has 0 aromatic heterocycles. The zero-order valence-corrected chi connectivity index (χ0v) is 20.1. The summed E-state index contributed by atoms with van der Waals surface area (Å²) in [6.07, 6.45) is 5.60. The first-order chi connectivity index (χ1) is 16.5. The van der Waals surface area contributed by atoms with Crippen molar-refractivity contribution in [3.8, 4) is 5.75 Å². The van der Waals surface area contributed by atoms with Crippen LogP contribution < -0.4 is 10.1 Å². The largest absolute Gasteiger partial charge is 0.497 e. The van der Waals surface area contributed by atoms with Gasteiger partial charge in [-0.1, -0.05) is 54.6 Å². The minimum Gasteiger partial charge on any atom is -0.497 e. The fraction of sp³-hybridized carbons (Fsp3) is 0.407. The van der Waals surface area contributed by atoms with Gasteiger partial charge in [0.2, 0.25) is 0 Å². The maximum Gasteiger partial charge on any atom is 0.326 e. The van der Waals surface area contributed by atoms with Gasteiger partial charge in [0.15, 0.2) is 0 Å². The first-order valence-electron chi connectivity index (χ1n) is 11.9. The topological polar surface area (TPSA) is 65.1 Å². The number of carbonyl (C=O) groups excluding carboxylic acids is 2. The van der Waals surface area contributed by atoms with E-state index in [1.54, 1.807) is 7.11 Å². The van der Waals surface area contributed by atoms with E-state index in [2.05, 4.69) is 39.4 Å². The number of urea groups is 1. The Morgan fingerprint density at radius 2 is 1.65 bits per heavy atom. The summed E-state index contributed by atoms with van der Waals surface area (Å²) in [7, 11) is 1.64. The highest BCUT2D eigenvalue weighted by Crippen LogP contribution is 2.24. The third-order valence-electron chi connectivity index (χ3n) is 6.70. The summed E-state index contributed by atoms with van der Waals surface area (Å²) < 4.78 is 5.20. The molecule has 0 saturated carbocycles. The molecule has 2 aromatic carbocycles. The van der Waals surface area contributed by atoms with Crippen LogP contribution in [0.25, 0.3) is 6.08 Å². The first kappa shape index (κ1) is 24.0. The Morgan fingerprint density at radius 3 is 2.32 bits per heavy atom. The van der Waals surface area contributed by atoms with Gasteiger partial charge in [0.1, 0.15) is 11.3 Å². The van der Waals surface area contributed by atoms with E-state index < -0.39 is 5.54 Å². The van der Waals surface area contributed by atoms with Gasteiger partial charge in [-0.3, -0.25) is 14.6 Å². The number of hydrogen-bond acceptors (Lipinski definition) is 5. The molecule has 2 heterocycles. The minimum absolute atomic E-state index is 0.140. The molecule has 1 atom stereocenters. The Kier molecular flexibility index (Phi) is 7.65. The summed E-state index contributed by atoms with van der Waals surface area (Å²) in [5.41, 5.74) is 1.44. The monoisotopic (exact) mass is 462 g/mol. The van der Waals surface area contributed by atoms with Gasteiger partial charge in [-0.25, -0.2) is 9.69 Å². The fourth-order valence-electron chi connectivity index (χ4n) is 4.45. The standard InChI is InChI=1S/C27H34N4O3/c1-27(15-14-23-10-12-24(34-2)13-11-23)25(32)31(26(33)28-27)21-30-19-17-29(18-20-30)16-6-9-22-7-4-3-5-8-22/h3-13H,14-21H2,1-2H3,(H,28,33). The van der Waals surface area contributed by atoms with E-state index in [4.69, 9.17) is 4.74 Å². The van der Waals surface area contributed by atoms with Crippen LogP contribution in [-0.4, -0.2) is 78.7 Å². The second-order valence-electron chi connectivity index (χ2n) is 9.22. The number of imide groups is 1.